The second-order valence-electron chi connectivity index (χ2n) is 4.37. The molecule has 0 N–H and O–H groups in total. The van der Waals surface area contributed by atoms with Gasteiger partial charge in [-0.1, -0.05) is 23.7 Å². The molecule has 0 spiro atoms. The molecule has 0 unspecified atom stereocenters. The van der Waals surface area contributed by atoms with Gasteiger partial charge in [-0.2, -0.15) is 0 Å². The summed E-state index contributed by atoms with van der Waals surface area (Å²) in [6.45, 7) is 0.430. The van der Waals surface area contributed by atoms with E-state index in [9.17, 15) is 4.79 Å². The Labute approximate surface area is 120 Å². The molecule has 1 aromatic heterocycles. The normalized spacial score (nSPS) is 10.7. The maximum atomic E-state index is 11.2. The lowest BCUT2D eigenvalue weighted by atomic mass is 10.2. The highest BCUT2D eigenvalue weighted by Gasteiger charge is 2.01. The Hall–Kier alpha value is -2.26. The van der Waals surface area contributed by atoms with Crippen LogP contribution in [0, 0.1) is 0 Å². The molecule has 4 heteroatoms. The van der Waals surface area contributed by atoms with Crippen molar-refractivity contribution in [1.29, 1.82) is 0 Å². The fourth-order valence-corrected chi connectivity index (χ4v) is 2.00. The predicted octanol–water partition coefficient (Wildman–Crippen LogP) is 4.03. The standard InChI is InChI=1S/C16H11ClO3/c17-13-5-1-11(2-6-13)10-19-14-7-3-12-4-8-16(18)20-15(12)9-14/h1-9H,10H2. The first-order chi connectivity index (χ1) is 9.70. The number of hydrogen-bond acceptors (Lipinski definition) is 3. The van der Waals surface area contributed by atoms with Gasteiger partial charge < -0.3 is 9.15 Å². The molecule has 2 aromatic carbocycles. The molecule has 0 atom stereocenters. The van der Waals surface area contributed by atoms with Crippen molar-refractivity contribution in [3.05, 3.63) is 75.6 Å². The summed E-state index contributed by atoms with van der Waals surface area (Å²) in [5.41, 5.74) is 1.17. The van der Waals surface area contributed by atoms with E-state index >= 15 is 0 Å². The fourth-order valence-electron chi connectivity index (χ4n) is 1.88. The number of fused-ring (bicyclic) bond motifs is 1. The minimum atomic E-state index is -0.368. The third-order valence-corrected chi connectivity index (χ3v) is 3.17. The molecule has 0 radical (unpaired) electrons. The van der Waals surface area contributed by atoms with Gasteiger partial charge in [0.1, 0.15) is 17.9 Å². The highest BCUT2D eigenvalue weighted by Crippen LogP contribution is 2.20. The van der Waals surface area contributed by atoms with Crippen molar-refractivity contribution < 1.29 is 9.15 Å². The molecular formula is C16H11ClO3. The number of hydrogen-bond donors (Lipinski definition) is 0. The first kappa shape index (κ1) is 12.8. The van der Waals surface area contributed by atoms with Crippen molar-refractivity contribution in [2.75, 3.05) is 0 Å². The van der Waals surface area contributed by atoms with Crippen LogP contribution in [0.5, 0.6) is 5.75 Å². The minimum absolute atomic E-state index is 0.368. The van der Waals surface area contributed by atoms with E-state index in [-0.39, 0.29) is 5.63 Å². The van der Waals surface area contributed by atoms with Crippen molar-refractivity contribution in [2.24, 2.45) is 0 Å². The molecule has 0 aliphatic heterocycles. The molecule has 20 heavy (non-hydrogen) atoms. The number of benzene rings is 2. The molecule has 0 saturated heterocycles. The summed E-state index contributed by atoms with van der Waals surface area (Å²) in [6, 6.07) is 16.0. The van der Waals surface area contributed by atoms with Crippen LogP contribution >= 0.6 is 11.6 Å². The largest absolute Gasteiger partial charge is 0.489 e. The third kappa shape index (κ3) is 2.83. The van der Waals surface area contributed by atoms with Crippen LogP contribution in [0.1, 0.15) is 5.56 Å². The number of halogens is 1. The molecule has 3 nitrogen and oxygen atoms in total. The maximum Gasteiger partial charge on any atom is 0.336 e. The second kappa shape index (κ2) is 5.39. The Kier molecular flexibility index (Phi) is 3.44. The lowest BCUT2D eigenvalue weighted by molar-refractivity contribution is 0.306. The van der Waals surface area contributed by atoms with Crippen LogP contribution in [0.15, 0.2) is 63.8 Å². The smallest absolute Gasteiger partial charge is 0.336 e. The molecule has 0 fully saturated rings. The molecule has 0 bridgehead atoms. The summed E-state index contributed by atoms with van der Waals surface area (Å²) in [5, 5.41) is 1.56. The van der Waals surface area contributed by atoms with Crippen LogP contribution in [0.3, 0.4) is 0 Å². The zero-order chi connectivity index (χ0) is 13.9. The maximum absolute atomic E-state index is 11.2. The van der Waals surface area contributed by atoms with Crippen LogP contribution < -0.4 is 10.4 Å². The van der Waals surface area contributed by atoms with E-state index in [1.165, 1.54) is 6.07 Å². The van der Waals surface area contributed by atoms with Gasteiger partial charge in [-0.15, -0.1) is 0 Å². The lowest BCUT2D eigenvalue weighted by Gasteiger charge is -2.07. The third-order valence-electron chi connectivity index (χ3n) is 2.91. The molecule has 1 heterocycles. The zero-order valence-electron chi connectivity index (χ0n) is 10.5. The highest BCUT2D eigenvalue weighted by atomic mass is 35.5. The van der Waals surface area contributed by atoms with Gasteiger partial charge >= 0.3 is 5.63 Å². The second-order valence-corrected chi connectivity index (χ2v) is 4.81. The van der Waals surface area contributed by atoms with E-state index in [1.54, 1.807) is 12.1 Å². The van der Waals surface area contributed by atoms with Crippen molar-refractivity contribution in [3.8, 4) is 5.75 Å². The van der Waals surface area contributed by atoms with E-state index in [1.807, 2.05) is 36.4 Å². The SMILES string of the molecule is O=c1ccc2ccc(OCc3ccc(Cl)cc3)cc2o1. The summed E-state index contributed by atoms with van der Waals surface area (Å²) in [7, 11) is 0. The van der Waals surface area contributed by atoms with Gasteiger partial charge in [0.05, 0.1) is 0 Å². The molecule has 0 aliphatic rings. The van der Waals surface area contributed by atoms with Gasteiger partial charge in [0.2, 0.25) is 0 Å². The van der Waals surface area contributed by atoms with E-state index in [0.717, 1.165) is 10.9 Å². The van der Waals surface area contributed by atoms with E-state index in [4.69, 9.17) is 20.8 Å². The molecule has 0 aliphatic carbocycles. The van der Waals surface area contributed by atoms with Crippen LogP contribution in [0.4, 0.5) is 0 Å². The van der Waals surface area contributed by atoms with Gasteiger partial charge in [-0.05, 0) is 35.9 Å². The number of ether oxygens (including phenoxy) is 1. The number of rotatable bonds is 3. The minimum Gasteiger partial charge on any atom is -0.489 e. The average Bonchev–Trinajstić information content (AvgIpc) is 2.46. The topological polar surface area (TPSA) is 39.4 Å². The predicted molar refractivity (Wildman–Crippen MR) is 78.3 cm³/mol. The summed E-state index contributed by atoms with van der Waals surface area (Å²) < 4.78 is 10.8. The summed E-state index contributed by atoms with van der Waals surface area (Å²) in [6.07, 6.45) is 0. The first-order valence-corrected chi connectivity index (χ1v) is 6.50. The summed E-state index contributed by atoms with van der Waals surface area (Å²) in [5.74, 6) is 0.654. The molecule has 0 saturated carbocycles. The Morgan fingerprint density at radius 1 is 1.00 bits per heavy atom. The fraction of sp³-hybridized carbons (Fsp3) is 0.0625. The molecule has 100 valence electrons. The quantitative estimate of drug-likeness (QED) is 0.683. The van der Waals surface area contributed by atoms with Gasteiger partial charge in [0.25, 0.3) is 0 Å². The summed E-state index contributed by atoms with van der Waals surface area (Å²) >= 11 is 5.83. The van der Waals surface area contributed by atoms with Crippen molar-refractivity contribution in [1.82, 2.24) is 0 Å². The summed E-state index contributed by atoms with van der Waals surface area (Å²) in [4.78, 5) is 11.2. The van der Waals surface area contributed by atoms with E-state index in [0.29, 0.717) is 23.0 Å². The van der Waals surface area contributed by atoms with Crippen molar-refractivity contribution in [3.63, 3.8) is 0 Å². The molecular weight excluding hydrogens is 276 g/mol. The van der Waals surface area contributed by atoms with Crippen molar-refractivity contribution in [2.45, 2.75) is 6.61 Å². The lowest BCUT2D eigenvalue weighted by Crippen LogP contribution is -1.97. The van der Waals surface area contributed by atoms with Crippen LogP contribution in [0.25, 0.3) is 11.0 Å². The van der Waals surface area contributed by atoms with E-state index < -0.39 is 0 Å². The monoisotopic (exact) mass is 286 g/mol. The molecule has 0 amide bonds. The van der Waals surface area contributed by atoms with E-state index in [2.05, 4.69) is 0 Å². The van der Waals surface area contributed by atoms with Gasteiger partial charge in [0, 0.05) is 22.5 Å². The molecule has 3 rings (SSSR count). The van der Waals surface area contributed by atoms with Gasteiger partial charge in [0.15, 0.2) is 0 Å². The van der Waals surface area contributed by atoms with Gasteiger partial charge in [-0.25, -0.2) is 4.79 Å². The Balaban J connectivity index is 1.80. The zero-order valence-corrected chi connectivity index (χ0v) is 11.3. The Morgan fingerprint density at radius 2 is 1.75 bits per heavy atom. The van der Waals surface area contributed by atoms with Crippen LogP contribution in [0.2, 0.25) is 5.02 Å². The Bertz CT molecular complexity index is 791. The van der Waals surface area contributed by atoms with Crippen LogP contribution in [-0.2, 0) is 6.61 Å². The van der Waals surface area contributed by atoms with Crippen molar-refractivity contribution >= 4 is 22.6 Å². The Morgan fingerprint density at radius 3 is 2.55 bits per heavy atom. The molecule has 3 aromatic rings. The van der Waals surface area contributed by atoms with Gasteiger partial charge in [-0.3, -0.25) is 0 Å². The van der Waals surface area contributed by atoms with Crippen LogP contribution in [-0.4, -0.2) is 0 Å². The average molecular weight is 287 g/mol. The highest BCUT2D eigenvalue weighted by molar-refractivity contribution is 6.30. The first-order valence-electron chi connectivity index (χ1n) is 6.12.